The molecule has 0 aromatic carbocycles. The fourth-order valence-electron chi connectivity index (χ4n) is 5.20. The van der Waals surface area contributed by atoms with Crippen LogP contribution in [0.1, 0.15) is 25.3 Å². The number of hydrogen-bond donors (Lipinski definition) is 4. The van der Waals surface area contributed by atoms with Crippen molar-refractivity contribution in [2.45, 2.75) is 49.8 Å². The van der Waals surface area contributed by atoms with E-state index in [1.165, 1.54) is 30.5 Å². The minimum atomic E-state index is -3.96. The first kappa shape index (κ1) is 31.7. The van der Waals surface area contributed by atoms with Gasteiger partial charge in [-0.3, -0.25) is 4.79 Å². The van der Waals surface area contributed by atoms with Crippen LogP contribution in [0.2, 0.25) is 0 Å². The molecule has 4 aromatic rings. The molecule has 0 saturated carbocycles. The number of aromatic nitrogens is 6. The number of hydrogen-bond acceptors (Lipinski definition) is 13. The lowest BCUT2D eigenvalue weighted by Gasteiger charge is -2.25. The summed E-state index contributed by atoms with van der Waals surface area (Å²) in [5.41, 5.74) is 6.51. The fourth-order valence-corrected chi connectivity index (χ4v) is 7.30. The maximum atomic E-state index is 15.1. The molecule has 21 heteroatoms. The highest BCUT2D eigenvalue weighted by Gasteiger charge is 2.43. The van der Waals surface area contributed by atoms with Crippen LogP contribution in [0.15, 0.2) is 42.0 Å². The maximum Gasteiger partial charge on any atom is 0.325 e. The largest absolute Gasteiger partial charge is 0.383 e. The predicted octanol–water partition coefficient (Wildman–Crippen LogP) is 2.16. The molecule has 0 radical (unpaired) electrons. The van der Waals surface area contributed by atoms with Gasteiger partial charge in [-0.1, -0.05) is 0 Å². The molecule has 5 N–H and O–H groups in total. The topological polar surface area (TPSA) is 203 Å². The van der Waals surface area contributed by atoms with Gasteiger partial charge in [-0.25, -0.2) is 19.3 Å². The summed E-state index contributed by atoms with van der Waals surface area (Å²) in [6, 6.07) is 3.31. The van der Waals surface area contributed by atoms with Gasteiger partial charge >= 0.3 is 13.4 Å². The van der Waals surface area contributed by atoms with Gasteiger partial charge in [-0.05, 0) is 35.7 Å². The van der Waals surface area contributed by atoms with Crippen LogP contribution in [0.5, 0.6) is 0 Å². The predicted molar refractivity (Wildman–Crippen MR) is 161 cm³/mol. The van der Waals surface area contributed by atoms with Crippen molar-refractivity contribution in [1.29, 1.82) is 0 Å². The molecule has 6 rings (SSSR count). The van der Waals surface area contributed by atoms with E-state index in [0.29, 0.717) is 16.6 Å². The number of rotatable bonds is 11. The molecule has 2 aliphatic rings. The van der Waals surface area contributed by atoms with Crippen LogP contribution in [0.25, 0.3) is 22.1 Å². The molecule has 2 fully saturated rings. The Balaban J connectivity index is 1.15. The Morgan fingerprint density at radius 2 is 1.82 bits per heavy atom. The summed E-state index contributed by atoms with van der Waals surface area (Å²) in [7, 11) is 1.23. The van der Waals surface area contributed by atoms with E-state index in [4.69, 9.17) is 56.9 Å². The Bertz CT molecular complexity index is 1830. The lowest BCUT2D eigenvalue weighted by atomic mass is 10.2. The molecule has 44 heavy (non-hydrogen) atoms. The second kappa shape index (κ2) is 12.5. The molecule has 6 heterocycles. The number of aromatic amines is 1. The average molecular weight is 692 g/mol. The second-order valence-electron chi connectivity index (χ2n) is 10.1. The number of fused-ring (bicyclic) bond motifs is 2. The van der Waals surface area contributed by atoms with E-state index < -0.39 is 55.9 Å². The Labute approximate surface area is 258 Å². The maximum absolute atomic E-state index is 15.1. The van der Waals surface area contributed by atoms with Gasteiger partial charge in [0.1, 0.15) is 30.1 Å². The third-order valence-corrected chi connectivity index (χ3v) is 10.5. The van der Waals surface area contributed by atoms with Gasteiger partial charge < -0.3 is 57.2 Å². The van der Waals surface area contributed by atoms with Crippen LogP contribution >= 0.6 is 13.4 Å². The van der Waals surface area contributed by atoms with E-state index in [2.05, 4.69) is 19.9 Å². The molecule has 238 valence electrons. The van der Waals surface area contributed by atoms with Gasteiger partial charge in [0.25, 0.3) is 5.56 Å². The monoisotopic (exact) mass is 691 g/mol. The molecule has 2 saturated heterocycles. The number of anilines is 1. The Hall–Kier alpha value is -2.25. The lowest BCUT2D eigenvalue weighted by molar-refractivity contribution is -0.0496. The van der Waals surface area contributed by atoms with E-state index in [-0.39, 0.29) is 37.4 Å². The number of alkyl halides is 1. The second-order valence-corrected chi connectivity index (χ2v) is 15.8. The summed E-state index contributed by atoms with van der Waals surface area (Å²) in [5, 5.41) is 0.566. The van der Waals surface area contributed by atoms with Crippen molar-refractivity contribution in [3.63, 3.8) is 0 Å². The Kier molecular flexibility index (Phi) is 9.02. The summed E-state index contributed by atoms with van der Waals surface area (Å²) in [6.07, 6.45) is 0.190. The molecule has 2 aliphatic heterocycles. The summed E-state index contributed by atoms with van der Waals surface area (Å²) in [5.74, 6) is 0.263. The quantitative estimate of drug-likeness (QED) is 0.167. The first-order valence-corrected chi connectivity index (χ1v) is 18.4. The Morgan fingerprint density at radius 3 is 2.59 bits per heavy atom. The summed E-state index contributed by atoms with van der Waals surface area (Å²) < 4.78 is 51.9. The van der Waals surface area contributed by atoms with Crippen LogP contribution in [-0.4, -0.2) is 83.7 Å². The van der Waals surface area contributed by atoms with Crippen LogP contribution < -0.4 is 11.3 Å². The van der Waals surface area contributed by atoms with Crippen molar-refractivity contribution in [3.05, 3.63) is 47.5 Å². The van der Waals surface area contributed by atoms with Crippen molar-refractivity contribution in [2.75, 3.05) is 26.1 Å². The van der Waals surface area contributed by atoms with E-state index in [1.807, 2.05) is 0 Å². The highest BCUT2D eigenvalue weighted by Crippen LogP contribution is 2.51. The van der Waals surface area contributed by atoms with Crippen molar-refractivity contribution in [2.24, 2.45) is 0 Å². The van der Waals surface area contributed by atoms with E-state index >= 15 is 4.39 Å². The number of nitrogen functional groups attached to an aromatic ring is 1. The van der Waals surface area contributed by atoms with Gasteiger partial charge in [0.2, 0.25) is 0 Å². The zero-order valence-electron chi connectivity index (χ0n) is 22.9. The van der Waals surface area contributed by atoms with Crippen LogP contribution in [-0.2, 0) is 51.2 Å². The van der Waals surface area contributed by atoms with Gasteiger partial charge in [-0.15, -0.1) is 0 Å². The fraction of sp³-hybridized carbons (Fsp3) is 0.478. The van der Waals surface area contributed by atoms with Crippen molar-refractivity contribution in [3.8, 4) is 0 Å². The molecule has 0 bridgehead atoms. The minimum Gasteiger partial charge on any atom is -0.383 e. The third-order valence-electron chi connectivity index (χ3n) is 7.21. The number of ether oxygens (including phenoxy) is 2. The highest BCUT2D eigenvalue weighted by molar-refractivity contribution is 8.07. The van der Waals surface area contributed by atoms with E-state index in [0.717, 1.165) is 0 Å². The first-order chi connectivity index (χ1) is 20.9. The molecular weight excluding hydrogens is 663 g/mol. The lowest BCUT2D eigenvalue weighted by Crippen LogP contribution is -2.23. The van der Waals surface area contributed by atoms with E-state index in [9.17, 15) is 14.6 Å². The number of pyridine rings is 1. The molecule has 2 unspecified atom stereocenters. The van der Waals surface area contributed by atoms with Gasteiger partial charge in [0.05, 0.1) is 42.7 Å². The third kappa shape index (κ3) is 6.51. The smallest absolute Gasteiger partial charge is 0.325 e. The first-order valence-electron chi connectivity index (χ1n) is 13.2. The standard InChI is InChI=1S/C23H28FN7O9P2S2/c1-35-41(33,43)36-9-13-7-17(23(39-13)31-11-29-18-16(31)2-4-26-21(18)32)40-42(34,44)37-8-12-6-15(24)22(38-12)30-5-3-14-19(25)27-10-28-20(14)30/h2-5,10-13,15,17,22-23H,6-9H2,1H3,(H,26,32)(H,33,43)(H,34,44)(H2,25,27,28)/t12-,13-,15-,17+,22+,23+,41?,42?/m0/s1. The number of nitrogens with two attached hydrogens (primary N) is 1. The van der Waals surface area contributed by atoms with Crippen LogP contribution in [0, 0.1) is 0 Å². The normalized spacial score (nSPS) is 28.5. The molecular formula is C23H28FN7O9P2S2. The number of nitrogens with zero attached hydrogens (tertiary/aromatic N) is 5. The molecule has 8 atom stereocenters. The zero-order valence-corrected chi connectivity index (χ0v) is 26.3. The number of imidazole rings is 1. The number of nitrogens with one attached hydrogen (secondary N) is 1. The Morgan fingerprint density at radius 1 is 1.09 bits per heavy atom. The average Bonchev–Trinajstić information content (AvgIpc) is 3.76. The zero-order chi connectivity index (χ0) is 31.2. The molecule has 4 aromatic heterocycles. The summed E-state index contributed by atoms with van der Waals surface area (Å²) in [4.78, 5) is 48.1. The molecule has 16 nitrogen and oxygen atoms in total. The van der Waals surface area contributed by atoms with Gasteiger partial charge in [-0.2, -0.15) is 0 Å². The van der Waals surface area contributed by atoms with E-state index in [1.54, 1.807) is 22.9 Å². The highest BCUT2D eigenvalue weighted by atomic mass is 32.5. The molecule has 0 amide bonds. The SMILES string of the molecule is COP(O)(=S)OC[C@@H]1C[C@@H](OP(O)(=S)OC[C@@H]2C[C@H](F)[C@H](n3ccc4c(N)ncnc43)O2)[C@H](n2cnc3c(=O)[nH]ccc32)O1. The van der Waals surface area contributed by atoms with Crippen LogP contribution in [0.4, 0.5) is 10.2 Å². The van der Waals surface area contributed by atoms with Crippen LogP contribution in [0.3, 0.4) is 0 Å². The van der Waals surface area contributed by atoms with Gasteiger partial charge in [0.15, 0.2) is 18.0 Å². The summed E-state index contributed by atoms with van der Waals surface area (Å²) >= 11 is 10.2. The molecule has 0 aliphatic carbocycles. The number of halogens is 1. The minimum absolute atomic E-state index is 0.0308. The van der Waals surface area contributed by atoms with Crippen molar-refractivity contribution < 1.29 is 41.7 Å². The molecule has 0 spiro atoms. The van der Waals surface area contributed by atoms with Crippen molar-refractivity contribution in [1.82, 2.24) is 29.1 Å². The number of H-pyrrole nitrogens is 1. The van der Waals surface area contributed by atoms with Crippen molar-refractivity contribution >= 4 is 64.9 Å². The van der Waals surface area contributed by atoms with Gasteiger partial charge in [0, 0.05) is 32.3 Å². The summed E-state index contributed by atoms with van der Waals surface area (Å²) in [6.45, 7) is -7.84.